The lowest BCUT2D eigenvalue weighted by Gasteiger charge is -2.23. The molecule has 1 aliphatic heterocycles. The van der Waals surface area contributed by atoms with Crippen molar-refractivity contribution in [2.75, 3.05) is 53.6 Å². The van der Waals surface area contributed by atoms with Crippen LogP contribution in [0, 0.1) is 11.7 Å². The number of nitrogens with one attached hydrogen (secondary N) is 1. The molecular weight excluding hydrogens is 464 g/mol. The summed E-state index contributed by atoms with van der Waals surface area (Å²) in [5.74, 6) is 1.78. The Kier molecular flexibility index (Phi) is 11.6. The molecule has 2 unspecified atom stereocenters. The molecule has 154 valence electrons. The fourth-order valence-corrected chi connectivity index (χ4v) is 2.91. The molecule has 0 bridgehead atoms. The number of hydrogen-bond acceptors (Lipinski definition) is 4. The molecule has 1 heterocycles. The number of guanidine groups is 1. The maximum atomic E-state index is 12.9. The molecule has 0 spiro atoms. The number of likely N-dealkylation sites (tertiary alicyclic amines) is 1. The Balaban J connectivity index is 0.00000364. The Labute approximate surface area is 178 Å². The second-order valence-electron chi connectivity index (χ2n) is 6.48. The van der Waals surface area contributed by atoms with Gasteiger partial charge in [0.1, 0.15) is 17.7 Å². The van der Waals surface area contributed by atoms with Gasteiger partial charge in [-0.2, -0.15) is 0 Å². The molecule has 0 aromatic heterocycles. The SMILES string of the molecule is CN=C(NCC(C)Oc1ccc(F)cc1)N1CCC(COCCOC)C1.I. The minimum Gasteiger partial charge on any atom is -0.489 e. The van der Waals surface area contributed by atoms with Gasteiger partial charge in [-0.05, 0) is 37.6 Å². The van der Waals surface area contributed by atoms with E-state index in [-0.39, 0.29) is 35.9 Å². The smallest absolute Gasteiger partial charge is 0.193 e. The zero-order valence-corrected chi connectivity index (χ0v) is 18.6. The second kappa shape index (κ2) is 13.1. The first-order chi connectivity index (χ1) is 12.6. The Morgan fingerprint density at radius 3 is 2.74 bits per heavy atom. The van der Waals surface area contributed by atoms with Crippen molar-refractivity contribution >= 4 is 29.9 Å². The van der Waals surface area contributed by atoms with Gasteiger partial charge in [0.2, 0.25) is 0 Å². The Morgan fingerprint density at radius 2 is 2.07 bits per heavy atom. The van der Waals surface area contributed by atoms with E-state index in [0.717, 1.165) is 32.1 Å². The number of hydrogen-bond donors (Lipinski definition) is 1. The molecule has 0 radical (unpaired) electrons. The first-order valence-corrected chi connectivity index (χ1v) is 9.07. The highest BCUT2D eigenvalue weighted by Crippen LogP contribution is 2.17. The van der Waals surface area contributed by atoms with Gasteiger partial charge in [0, 0.05) is 33.2 Å². The Hall–Kier alpha value is -1.13. The molecule has 1 N–H and O–H groups in total. The molecule has 0 saturated carbocycles. The number of ether oxygens (including phenoxy) is 3. The van der Waals surface area contributed by atoms with E-state index in [1.807, 2.05) is 6.92 Å². The molecule has 2 rings (SSSR count). The summed E-state index contributed by atoms with van der Waals surface area (Å²) >= 11 is 0. The minimum atomic E-state index is -0.265. The van der Waals surface area contributed by atoms with Crippen molar-refractivity contribution in [3.63, 3.8) is 0 Å². The number of halogens is 2. The van der Waals surface area contributed by atoms with Crippen molar-refractivity contribution in [2.24, 2.45) is 10.9 Å². The van der Waals surface area contributed by atoms with E-state index in [1.54, 1.807) is 26.3 Å². The molecule has 6 nitrogen and oxygen atoms in total. The minimum absolute atomic E-state index is 0. The fraction of sp³-hybridized carbons (Fsp3) is 0.632. The van der Waals surface area contributed by atoms with Gasteiger partial charge in [-0.3, -0.25) is 4.99 Å². The van der Waals surface area contributed by atoms with Gasteiger partial charge in [0.25, 0.3) is 0 Å². The molecular formula is C19H31FIN3O3. The first kappa shape index (κ1) is 23.9. The summed E-state index contributed by atoms with van der Waals surface area (Å²) in [5, 5.41) is 3.36. The zero-order chi connectivity index (χ0) is 18.8. The molecule has 1 aromatic rings. The van der Waals surface area contributed by atoms with E-state index in [4.69, 9.17) is 14.2 Å². The predicted octanol–water partition coefficient (Wildman–Crippen LogP) is 2.77. The standard InChI is InChI=1S/C19H30FN3O3.HI/c1-15(26-18-6-4-17(20)5-7-18)12-22-19(21-2)23-9-8-16(13-23)14-25-11-10-24-3;/h4-7,15-16H,8-14H2,1-3H3,(H,21,22);1H. The normalized spacial score (nSPS) is 18.1. The highest BCUT2D eigenvalue weighted by molar-refractivity contribution is 14.0. The van der Waals surface area contributed by atoms with Crippen LogP contribution in [0.15, 0.2) is 29.3 Å². The molecule has 27 heavy (non-hydrogen) atoms. The van der Waals surface area contributed by atoms with Gasteiger partial charge in [-0.1, -0.05) is 0 Å². The third-order valence-electron chi connectivity index (χ3n) is 4.28. The van der Waals surface area contributed by atoms with Gasteiger partial charge < -0.3 is 24.4 Å². The highest BCUT2D eigenvalue weighted by atomic mass is 127. The predicted molar refractivity (Wildman–Crippen MR) is 116 cm³/mol. The van der Waals surface area contributed by atoms with Crippen LogP contribution < -0.4 is 10.1 Å². The van der Waals surface area contributed by atoms with Crippen LogP contribution in [0.4, 0.5) is 4.39 Å². The van der Waals surface area contributed by atoms with Crippen molar-refractivity contribution in [2.45, 2.75) is 19.4 Å². The topological polar surface area (TPSA) is 55.3 Å². The second-order valence-corrected chi connectivity index (χ2v) is 6.48. The van der Waals surface area contributed by atoms with Crippen molar-refractivity contribution in [3.05, 3.63) is 30.1 Å². The summed E-state index contributed by atoms with van der Waals surface area (Å²) in [6.45, 7) is 6.51. The van der Waals surface area contributed by atoms with Crippen LogP contribution in [0.3, 0.4) is 0 Å². The van der Waals surface area contributed by atoms with Crippen molar-refractivity contribution in [1.29, 1.82) is 0 Å². The number of nitrogens with zero attached hydrogens (tertiary/aromatic N) is 2. The lowest BCUT2D eigenvalue weighted by atomic mass is 10.1. The molecule has 2 atom stereocenters. The summed E-state index contributed by atoms with van der Waals surface area (Å²) in [7, 11) is 3.47. The maximum Gasteiger partial charge on any atom is 0.193 e. The summed E-state index contributed by atoms with van der Waals surface area (Å²) in [6, 6.07) is 6.06. The fourth-order valence-electron chi connectivity index (χ4n) is 2.91. The van der Waals surface area contributed by atoms with E-state index < -0.39 is 0 Å². The quantitative estimate of drug-likeness (QED) is 0.247. The van der Waals surface area contributed by atoms with Crippen LogP contribution in [0.5, 0.6) is 5.75 Å². The summed E-state index contributed by atoms with van der Waals surface area (Å²) < 4.78 is 29.4. The highest BCUT2D eigenvalue weighted by Gasteiger charge is 2.25. The summed E-state index contributed by atoms with van der Waals surface area (Å²) in [5.41, 5.74) is 0. The van der Waals surface area contributed by atoms with Crippen molar-refractivity contribution in [3.8, 4) is 5.75 Å². The number of aliphatic imine (C=N–C) groups is 1. The van der Waals surface area contributed by atoms with Gasteiger partial charge in [-0.15, -0.1) is 24.0 Å². The van der Waals surface area contributed by atoms with E-state index in [9.17, 15) is 4.39 Å². The maximum absolute atomic E-state index is 12.9. The monoisotopic (exact) mass is 495 g/mol. The van der Waals surface area contributed by atoms with Crippen molar-refractivity contribution < 1.29 is 18.6 Å². The van der Waals surface area contributed by atoms with Crippen LogP contribution in [0.2, 0.25) is 0 Å². The third kappa shape index (κ3) is 8.61. The van der Waals surface area contributed by atoms with E-state index in [0.29, 0.717) is 31.4 Å². The Bertz CT molecular complexity index is 560. The van der Waals surface area contributed by atoms with Crippen LogP contribution in [0.1, 0.15) is 13.3 Å². The van der Waals surface area contributed by atoms with Gasteiger partial charge in [-0.25, -0.2) is 4.39 Å². The van der Waals surface area contributed by atoms with E-state index in [2.05, 4.69) is 15.2 Å². The molecule has 0 amide bonds. The summed E-state index contributed by atoms with van der Waals surface area (Å²) in [6.07, 6.45) is 1.03. The largest absolute Gasteiger partial charge is 0.489 e. The molecule has 1 saturated heterocycles. The molecule has 0 aliphatic carbocycles. The number of benzene rings is 1. The van der Waals surface area contributed by atoms with Crippen LogP contribution in [-0.2, 0) is 9.47 Å². The Morgan fingerprint density at radius 1 is 1.33 bits per heavy atom. The van der Waals surface area contributed by atoms with E-state index in [1.165, 1.54) is 12.1 Å². The molecule has 1 fully saturated rings. The van der Waals surface area contributed by atoms with Gasteiger partial charge in [0.15, 0.2) is 5.96 Å². The van der Waals surface area contributed by atoms with Gasteiger partial charge in [0.05, 0.1) is 26.4 Å². The lowest BCUT2D eigenvalue weighted by molar-refractivity contribution is 0.0536. The van der Waals surface area contributed by atoms with Crippen molar-refractivity contribution in [1.82, 2.24) is 10.2 Å². The van der Waals surface area contributed by atoms with Crippen LogP contribution >= 0.6 is 24.0 Å². The molecule has 8 heteroatoms. The average Bonchev–Trinajstić information content (AvgIpc) is 3.10. The summed E-state index contributed by atoms with van der Waals surface area (Å²) in [4.78, 5) is 6.62. The van der Waals surface area contributed by atoms with Gasteiger partial charge >= 0.3 is 0 Å². The van der Waals surface area contributed by atoms with Crippen LogP contribution in [0.25, 0.3) is 0 Å². The number of rotatable bonds is 9. The zero-order valence-electron chi connectivity index (χ0n) is 16.3. The molecule has 1 aliphatic rings. The molecule has 1 aromatic carbocycles. The lowest BCUT2D eigenvalue weighted by Crippen LogP contribution is -2.43. The van der Waals surface area contributed by atoms with E-state index >= 15 is 0 Å². The average molecular weight is 495 g/mol. The number of methoxy groups -OCH3 is 1. The third-order valence-corrected chi connectivity index (χ3v) is 4.28. The van der Waals surface area contributed by atoms with Crippen LogP contribution in [-0.4, -0.2) is 70.6 Å². The first-order valence-electron chi connectivity index (χ1n) is 9.07.